The fourth-order valence-electron chi connectivity index (χ4n) is 15.0. The summed E-state index contributed by atoms with van der Waals surface area (Å²) in [5.74, 6) is 0. The normalized spacial score (nSPS) is 15.9. The van der Waals surface area contributed by atoms with Crippen molar-refractivity contribution in [1.82, 2.24) is 0 Å². The minimum absolute atomic E-state index is 0.471. The summed E-state index contributed by atoms with van der Waals surface area (Å²) in [4.78, 5) is 4.97. The van der Waals surface area contributed by atoms with Crippen LogP contribution in [0.1, 0.15) is 57.3 Å². The zero-order valence-electron chi connectivity index (χ0n) is 45.6. The quantitative estimate of drug-likeness (QED) is 0.144. The van der Waals surface area contributed by atoms with Gasteiger partial charge in [-0.15, -0.1) is 0 Å². The van der Waals surface area contributed by atoms with Crippen LogP contribution in [0.15, 0.2) is 313 Å². The molecule has 2 heterocycles. The van der Waals surface area contributed by atoms with Crippen LogP contribution in [0.4, 0.5) is 34.1 Å². The van der Waals surface area contributed by atoms with Crippen molar-refractivity contribution in [1.29, 1.82) is 0 Å². The Morgan fingerprint density at radius 1 is 0.373 bits per heavy atom. The SMILES string of the molecule is C1=CC2=C(CC1)C(c1ccccc1)(c1ccccc1)c1cc(N(c3ccc(-c4ccc5c(c4)C4(c6ccccc6)c6ccccc6N(c6ccccc6)c6c(-c7ccccc7)ccc-5c64)cc3)c3ccc4oc5ccccc5c4c3)ccc12. The largest absolute Gasteiger partial charge is 0.456 e. The molecule has 390 valence electrons. The van der Waals surface area contributed by atoms with E-state index < -0.39 is 10.8 Å². The number of benzene rings is 12. The highest BCUT2D eigenvalue weighted by molar-refractivity contribution is 6.08. The summed E-state index contributed by atoms with van der Waals surface area (Å²) >= 11 is 0. The molecule has 0 fully saturated rings. The van der Waals surface area contributed by atoms with Gasteiger partial charge in [0.1, 0.15) is 11.2 Å². The van der Waals surface area contributed by atoms with Crippen molar-refractivity contribution in [3.8, 4) is 33.4 Å². The summed E-state index contributed by atoms with van der Waals surface area (Å²) in [5, 5.41) is 2.20. The molecule has 4 aliphatic rings. The predicted molar refractivity (Wildman–Crippen MR) is 343 cm³/mol. The standard InChI is InChI=1S/C80H54N2O/c1-6-22-54(23-7-1)63-47-48-68-66-45-40-55(50-72(66)80(58-28-12-4-13-29-58)71-35-19-20-36-74(71)82(78(63)77(68)80)59-30-14-5-15-31-59)53-38-41-60(42-39-53)81(61-44-49-76-69(51-61)67-33-17-21-37-75(67)83-76)62-43-46-65-64-32-16-18-34-70(64)79(73(65)52-62,56-24-8-2-9-25-56)57-26-10-3-11-27-57/h1-17,19-33,35-52H,18,34H2. The second-order valence-electron chi connectivity index (χ2n) is 22.5. The van der Waals surface area contributed by atoms with Crippen molar-refractivity contribution in [2.24, 2.45) is 0 Å². The number of furan rings is 1. The molecule has 1 aliphatic heterocycles. The molecule has 0 amide bonds. The highest BCUT2D eigenvalue weighted by Crippen LogP contribution is 2.67. The summed E-state index contributed by atoms with van der Waals surface area (Å²) in [6.45, 7) is 0. The number of nitrogens with zero attached hydrogens (tertiary/aromatic N) is 2. The van der Waals surface area contributed by atoms with Gasteiger partial charge in [-0.3, -0.25) is 0 Å². The first-order valence-corrected chi connectivity index (χ1v) is 29.0. The van der Waals surface area contributed by atoms with E-state index in [2.05, 4.69) is 307 Å². The van der Waals surface area contributed by atoms with Gasteiger partial charge in [-0.05, 0) is 164 Å². The maximum absolute atomic E-state index is 6.45. The van der Waals surface area contributed by atoms with E-state index in [4.69, 9.17) is 4.42 Å². The van der Waals surface area contributed by atoms with Crippen molar-refractivity contribution in [3.63, 3.8) is 0 Å². The van der Waals surface area contributed by atoms with Gasteiger partial charge in [0.15, 0.2) is 0 Å². The molecule has 0 spiro atoms. The average molecular weight is 1060 g/mol. The fraction of sp³-hybridized carbons (Fsp3) is 0.0500. The lowest BCUT2D eigenvalue weighted by atomic mass is 9.64. The zero-order valence-corrected chi connectivity index (χ0v) is 45.6. The summed E-state index contributed by atoms with van der Waals surface area (Å²) in [6, 6.07) is 108. The molecule has 3 aliphatic carbocycles. The minimum atomic E-state index is -0.622. The minimum Gasteiger partial charge on any atom is -0.456 e. The molecule has 3 nitrogen and oxygen atoms in total. The van der Waals surface area contributed by atoms with E-state index in [0.717, 1.165) is 63.1 Å². The smallest absolute Gasteiger partial charge is 0.135 e. The number of anilines is 6. The van der Waals surface area contributed by atoms with Crippen molar-refractivity contribution < 1.29 is 4.42 Å². The molecule has 1 unspecified atom stereocenters. The Kier molecular flexibility index (Phi) is 10.6. The van der Waals surface area contributed by atoms with Crippen molar-refractivity contribution in [2.45, 2.75) is 23.7 Å². The van der Waals surface area contributed by atoms with Crippen LogP contribution in [0.5, 0.6) is 0 Å². The number of allylic oxidation sites excluding steroid dienone is 4. The Balaban J connectivity index is 0.855. The second kappa shape index (κ2) is 18.5. The highest BCUT2D eigenvalue weighted by Gasteiger charge is 2.54. The zero-order chi connectivity index (χ0) is 54.6. The molecular weight excluding hydrogens is 1000 g/mol. The maximum Gasteiger partial charge on any atom is 0.135 e. The van der Waals surface area contributed by atoms with Crippen molar-refractivity contribution >= 4 is 61.6 Å². The van der Waals surface area contributed by atoms with E-state index in [0.29, 0.717) is 0 Å². The molecule has 0 saturated carbocycles. The first kappa shape index (κ1) is 47.3. The molecule has 0 N–H and O–H groups in total. The van der Waals surface area contributed by atoms with E-state index in [1.807, 2.05) is 6.07 Å². The van der Waals surface area contributed by atoms with Crippen LogP contribution in [0.3, 0.4) is 0 Å². The van der Waals surface area contributed by atoms with Crippen LogP contribution in [-0.2, 0) is 10.8 Å². The first-order valence-electron chi connectivity index (χ1n) is 29.0. The Labute approximate surface area is 483 Å². The van der Waals surface area contributed by atoms with Crippen LogP contribution in [0, 0.1) is 0 Å². The summed E-state index contributed by atoms with van der Waals surface area (Å²) in [7, 11) is 0. The van der Waals surface area contributed by atoms with Gasteiger partial charge in [-0.1, -0.05) is 231 Å². The fourth-order valence-corrected chi connectivity index (χ4v) is 15.0. The Bertz CT molecular complexity index is 4730. The van der Waals surface area contributed by atoms with E-state index in [9.17, 15) is 0 Å². The van der Waals surface area contributed by atoms with Gasteiger partial charge in [0, 0.05) is 44.6 Å². The van der Waals surface area contributed by atoms with Gasteiger partial charge < -0.3 is 14.2 Å². The molecule has 1 aromatic heterocycles. The number of fused-ring (bicyclic) bond motifs is 10. The maximum atomic E-state index is 6.45. The van der Waals surface area contributed by atoms with E-state index >= 15 is 0 Å². The van der Waals surface area contributed by atoms with Crippen LogP contribution >= 0.6 is 0 Å². The number of rotatable bonds is 9. The number of hydrogen-bond donors (Lipinski definition) is 0. The molecule has 0 bridgehead atoms. The topological polar surface area (TPSA) is 19.6 Å². The molecular formula is C80H54N2O. The van der Waals surface area contributed by atoms with Crippen LogP contribution < -0.4 is 9.80 Å². The Hall–Kier alpha value is -10.5. The van der Waals surface area contributed by atoms with Gasteiger partial charge >= 0.3 is 0 Å². The lowest BCUT2D eigenvalue weighted by Crippen LogP contribution is -2.36. The van der Waals surface area contributed by atoms with E-state index in [1.165, 1.54) is 94.8 Å². The monoisotopic (exact) mass is 1060 g/mol. The summed E-state index contributed by atoms with van der Waals surface area (Å²) < 4.78 is 6.45. The van der Waals surface area contributed by atoms with Gasteiger partial charge in [0.05, 0.1) is 22.2 Å². The van der Waals surface area contributed by atoms with Crippen molar-refractivity contribution in [3.05, 3.63) is 353 Å². The molecule has 0 radical (unpaired) electrons. The molecule has 17 rings (SSSR count). The third kappa shape index (κ3) is 6.86. The average Bonchev–Trinajstić information content (AvgIpc) is 1.99. The number of hydrogen-bond acceptors (Lipinski definition) is 3. The molecule has 12 aromatic carbocycles. The lowest BCUT2D eigenvalue weighted by Gasteiger charge is -2.45. The second-order valence-corrected chi connectivity index (χ2v) is 22.5. The molecule has 0 saturated heterocycles. The third-order valence-electron chi connectivity index (χ3n) is 18.4. The van der Waals surface area contributed by atoms with Gasteiger partial charge in [-0.2, -0.15) is 0 Å². The van der Waals surface area contributed by atoms with Crippen LogP contribution in [0.2, 0.25) is 0 Å². The number of para-hydroxylation sites is 3. The lowest BCUT2D eigenvalue weighted by molar-refractivity contribution is 0.669. The van der Waals surface area contributed by atoms with E-state index in [-0.39, 0.29) is 0 Å². The van der Waals surface area contributed by atoms with Gasteiger partial charge in [0.25, 0.3) is 0 Å². The Morgan fingerprint density at radius 2 is 0.928 bits per heavy atom. The van der Waals surface area contributed by atoms with Gasteiger partial charge in [0.2, 0.25) is 0 Å². The summed E-state index contributed by atoms with van der Waals surface area (Å²) in [5.41, 5.74) is 27.8. The molecule has 1 atom stereocenters. The van der Waals surface area contributed by atoms with Crippen LogP contribution in [-0.4, -0.2) is 0 Å². The van der Waals surface area contributed by atoms with E-state index in [1.54, 1.807) is 0 Å². The molecule has 3 heteroatoms. The molecule has 83 heavy (non-hydrogen) atoms. The predicted octanol–water partition coefficient (Wildman–Crippen LogP) is 21.0. The van der Waals surface area contributed by atoms with Gasteiger partial charge in [-0.25, -0.2) is 0 Å². The third-order valence-corrected chi connectivity index (χ3v) is 18.4. The van der Waals surface area contributed by atoms with Crippen LogP contribution in [0.25, 0.3) is 60.9 Å². The van der Waals surface area contributed by atoms with Crippen molar-refractivity contribution in [2.75, 3.05) is 9.80 Å². The Morgan fingerprint density at radius 3 is 1.67 bits per heavy atom. The molecule has 13 aromatic rings. The summed E-state index contributed by atoms with van der Waals surface area (Å²) in [6.07, 6.45) is 6.74. The first-order chi connectivity index (χ1) is 41.2. The highest BCUT2D eigenvalue weighted by atomic mass is 16.3.